The van der Waals surface area contributed by atoms with Crippen molar-refractivity contribution in [1.29, 1.82) is 0 Å². The first-order valence-electron chi connectivity index (χ1n) is 2.73. The van der Waals surface area contributed by atoms with Crippen LogP contribution in [0.5, 0.6) is 0 Å². The average Bonchev–Trinajstić information content (AvgIpc) is 2.22. The number of nitrogens with zero attached hydrogens (tertiary/aromatic N) is 1. The van der Waals surface area contributed by atoms with Crippen LogP contribution >= 0.6 is 11.8 Å². The molecule has 0 spiro atoms. The largest absolute Gasteiger partial charge is 0.236 e. The quantitative estimate of drug-likeness (QED) is 0.446. The van der Waals surface area contributed by atoms with E-state index in [0.717, 1.165) is 17.8 Å². The molecule has 2 aliphatic heterocycles. The highest BCUT2D eigenvalue weighted by Gasteiger charge is 2.32. The van der Waals surface area contributed by atoms with Crippen molar-refractivity contribution in [2.45, 2.75) is 17.7 Å². The van der Waals surface area contributed by atoms with Gasteiger partial charge in [-0.1, -0.05) is 0 Å². The van der Waals surface area contributed by atoms with Crippen molar-refractivity contribution in [1.82, 2.24) is 5.32 Å². The Bertz CT molecular complexity index is 66.1. The number of hydrogen-bond acceptors (Lipinski definition) is 1. The molecule has 7 heavy (non-hydrogen) atoms. The molecule has 2 saturated heterocycles. The van der Waals surface area contributed by atoms with Gasteiger partial charge in [0.05, 0.1) is 0 Å². The first kappa shape index (κ1) is 4.21. The van der Waals surface area contributed by atoms with Gasteiger partial charge in [-0.3, -0.25) is 0 Å². The molecule has 0 amide bonds. The Kier molecular flexibility index (Phi) is 0.837. The molecule has 2 heteroatoms. The van der Waals surface area contributed by atoms with Gasteiger partial charge in [-0.2, -0.15) is 11.8 Å². The minimum Gasteiger partial charge on any atom is -0.236 e. The van der Waals surface area contributed by atoms with Gasteiger partial charge < -0.3 is 0 Å². The monoisotopic (exact) mass is 114 g/mol. The standard InChI is InChI=1S/C5H8NS/c1-4-3-7-5(1)2-6-4/h4-5H,1-3H2. The highest BCUT2D eigenvalue weighted by molar-refractivity contribution is 8.00. The van der Waals surface area contributed by atoms with Crippen molar-refractivity contribution < 1.29 is 0 Å². The second-order valence-corrected chi connectivity index (χ2v) is 3.54. The Balaban J connectivity index is 2.12. The maximum atomic E-state index is 4.38. The van der Waals surface area contributed by atoms with Gasteiger partial charge in [-0.25, -0.2) is 5.32 Å². The van der Waals surface area contributed by atoms with Gasteiger partial charge in [0, 0.05) is 23.6 Å². The molecule has 0 N–H and O–H groups in total. The highest BCUT2D eigenvalue weighted by atomic mass is 32.2. The van der Waals surface area contributed by atoms with E-state index in [1.807, 2.05) is 0 Å². The van der Waals surface area contributed by atoms with Crippen molar-refractivity contribution in [3.05, 3.63) is 0 Å². The third-order valence-electron chi connectivity index (χ3n) is 1.63. The zero-order valence-corrected chi connectivity index (χ0v) is 4.95. The average molecular weight is 114 g/mol. The Morgan fingerprint density at radius 3 is 2.71 bits per heavy atom. The molecule has 2 atom stereocenters. The molecule has 2 rings (SSSR count). The molecule has 2 heterocycles. The summed E-state index contributed by atoms with van der Waals surface area (Å²) in [6, 6.07) is 0.759. The fourth-order valence-corrected chi connectivity index (χ4v) is 2.49. The lowest BCUT2D eigenvalue weighted by molar-refractivity contribution is 0.665. The predicted octanol–water partition coefficient (Wildman–Crippen LogP) is 0.479. The van der Waals surface area contributed by atoms with E-state index >= 15 is 0 Å². The van der Waals surface area contributed by atoms with Gasteiger partial charge in [0.25, 0.3) is 0 Å². The van der Waals surface area contributed by atoms with E-state index in [0.29, 0.717) is 0 Å². The van der Waals surface area contributed by atoms with E-state index in [-0.39, 0.29) is 0 Å². The lowest BCUT2D eigenvalue weighted by Crippen LogP contribution is -2.19. The van der Waals surface area contributed by atoms with Crippen molar-refractivity contribution in [3.63, 3.8) is 0 Å². The van der Waals surface area contributed by atoms with E-state index in [4.69, 9.17) is 0 Å². The summed E-state index contributed by atoms with van der Waals surface area (Å²) >= 11 is 2.10. The molecule has 39 valence electrons. The van der Waals surface area contributed by atoms with Crippen molar-refractivity contribution in [2.75, 3.05) is 12.3 Å². The molecule has 1 nitrogen and oxygen atoms in total. The molecule has 2 fully saturated rings. The van der Waals surface area contributed by atoms with E-state index in [1.54, 1.807) is 0 Å². The SMILES string of the molecule is C1SC2C[N]C1C2. The first-order chi connectivity index (χ1) is 3.45. The molecular formula is C5H8NS. The molecule has 0 aromatic carbocycles. The zero-order valence-electron chi connectivity index (χ0n) is 4.13. The molecule has 2 aliphatic rings. The third kappa shape index (κ3) is 0.572. The summed E-state index contributed by atoms with van der Waals surface area (Å²) < 4.78 is 0. The minimum atomic E-state index is 0.759. The Labute approximate surface area is 47.9 Å². The van der Waals surface area contributed by atoms with E-state index < -0.39 is 0 Å². The highest BCUT2D eigenvalue weighted by Crippen LogP contribution is 2.31. The number of thioether (sulfide) groups is 1. The van der Waals surface area contributed by atoms with Crippen molar-refractivity contribution in [2.24, 2.45) is 0 Å². The molecule has 0 aromatic heterocycles. The molecule has 0 aromatic rings. The molecule has 0 saturated carbocycles. The normalized spacial score (nSPS) is 48.0. The first-order valence-corrected chi connectivity index (χ1v) is 3.78. The fraction of sp³-hybridized carbons (Fsp3) is 1.00. The summed E-state index contributed by atoms with van der Waals surface area (Å²) in [5.41, 5.74) is 0. The zero-order chi connectivity index (χ0) is 4.69. The van der Waals surface area contributed by atoms with Gasteiger partial charge in [0.15, 0.2) is 0 Å². The Morgan fingerprint density at radius 1 is 1.57 bits per heavy atom. The topological polar surface area (TPSA) is 14.1 Å². The van der Waals surface area contributed by atoms with Crippen molar-refractivity contribution in [3.8, 4) is 0 Å². The van der Waals surface area contributed by atoms with Crippen molar-refractivity contribution >= 4 is 11.8 Å². The van der Waals surface area contributed by atoms with Crippen LogP contribution in [0.2, 0.25) is 0 Å². The molecule has 0 aliphatic carbocycles. The summed E-state index contributed by atoms with van der Waals surface area (Å²) in [5.74, 6) is 1.31. The van der Waals surface area contributed by atoms with Crippen LogP contribution in [0.1, 0.15) is 6.42 Å². The molecule has 1 radical (unpaired) electrons. The van der Waals surface area contributed by atoms with Crippen LogP contribution in [0.4, 0.5) is 0 Å². The van der Waals surface area contributed by atoms with Gasteiger partial charge in [-0.15, -0.1) is 0 Å². The fourth-order valence-electron chi connectivity index (χ4n) is 1.21. The van der Waals surface area contributed by atoms with E-state index in [9.17, 15) is 0 Å². The summed E-state index contributed by atoms with van der Waals surface area (Å²) in [7, 11) is 0. The van der Waals surface area contributed by atoms with Gasteiger partial charge in [0.1, 0.15) is 0 Å². The number of rotatable bonds is 0. The van der Waals surface area contributed by atoms with Crippen LogP contribution in [-0.4, -0.2) is 23.6 Å². The van der Waals surface area contributed by atoms with Gasteiger partial charge in [0.2, 0.25) is 0 Å². The molecule has 2 bridgehead atoms. The maximum Gasteiger partial charge on any atom is 0.0348 e. The van der Waals surface area contributed by atoms with E-state index in [1.165, 1.54) is 12.2 Å². The lowest BCUT2D eigenvalue weighted by atomic mass is 10.3. The Morgan fingerprint density at radius 2 is 2.57 bits per heavy atom. The van der Waals surface area contributed by atoms with E-state index in [2.05, 4.69) is 17.1 Å². The van der Waals surface area contributed by atoms with Crippen LogP contribution in [0.3, 0.4) is 0 Å². The summed E-state index contributed by atoms with van der Waals surface area (Å²) in [6.45, 7) is 1.15. The van der Waals surface area contributed by atoms with Crippen LogP contribution in [0.25, 0.3) is 0 Å². The van der Waals surface area contributed by atoms with Gasteiger partial charge >= 0.3 is 0 Å². The lowest BCUT2D eigenvalue weighted by Gasteiger charge is -2.05. The third-order valence-corrected chi connectivity index (χ3v) is 3.02. The summed E-state index contributed by atoms with van der Waals surface area (Å²) in [4.78, 5) is 0. The second kappa shape index (κ2) is 1.39. The maximum absolute atomic E-state index is 4.38. The van der Waals surface area contributed by atoms with Crippen LogP contribution in [0, 0.1) is 0 Å². The summed E-state index contributed by atoms with van der Waals surface area (Å²) in [5, 5.41) is 5.30. The Hall–Kier alpha value is 0.310. The van der Waals surface area contributed by atoms with Crippen LogP contribution < -0.4 is 5.32 Å². The minimum absolute atomic E-state index is 0.759. The molecule has 2 unspecified atom stereocenters. The van der Waals surface area contributed by atoms with Gasteiger partial charge in [-0.05, 0) is 6.42 Å². The number of hydrogen-bond donors (Lipinski definition) is 0. The predicted molar refractivity (Wildman–Crippen MR) is 31.7 cm³/mol. The summed E-state index contributed by atoms with van der Waals surface area (Å²) in [6.07, 6.45) is 1.38. The van der Waals surface area contributed by atoms with Crippen LogP contribution in [0.15, 0.2) is 0 Å². The van der Waals surface area contributed by atoms with Crippen LogP contribution in [-0.2, 0) is 0 Å². The molecular weight excluding hydrogens is 106 g/mol. The second-order valence-electron chi connectivity index (χ2n) is 2.21. The smallest absolute Gasteiger partial charge is 0.0348 e. The number of fused-ring (bicyclic) bond motifs is 2.